The summed E-state index contributed by atoms with van der Waals surface area (Å²) in [5.74, 6) is -0.416. The quantitative estimate of drug-likeness (QED) is 0.863. The number of hydrogen-bond donors (Lipinski definition) is 2. The molecule has 2 amide bonds. The number of carbonyl (C=O) groups is 1. The Balaban J connectivity index is 2.09. The number of nitrogens with zero attached hydrogens (tertiary/aromatic N) is 1. The van der Waals surface area contributed by atoms with Gasteiger partial charge in [0.05, 0.1) is 5.69 Å². The SMILES string of the molecule is Cc1ccc(F)c(NC(=O)N2CCCC[C@@H]2CN)c1. The second kappa shape index (κ2) is 6.02. The molecule has 1 aromatic carbocycles. The van der Waals surface area contributed by atoms with Gasteiger partial charge in [0.15, 0.2) is 0 Å². The van der Waals surface area contributed by atoms with Gasteiger partial charge in [-0.2, -0.15) is 0 Å². The van der Waals surface area contributed by atoms with Crippen LogP contribution in [0.2, 0.25) is 0 Å². The van der Waals surface area contributed by atoms with E-state index in [-0.39, 0.29) is 17.8 Å². The molecular weight excluding hydrogens is 245 g/mol. The number of nitrogens with one attached hydrogen (secondary N) is 1. The lowest BCUT2D eigenvalue weighted by molar-refractivity contribution is 0.166. The highest BCUT2D eigenvalue weighted by atomic mass is 19.1. The van der Waals surface area contributed by atoms with Crippen molar-refractivity contribution >= 4 is 11.7 Å². The Kier molecular flexibility index (Phi) is 4.37. The summed E-state index contributed by atoms with van der Waals surface area (Å²) in [6.07, 6.45) is 2.98. The third-order valence-electron chi connectivity index (χ3n) is 3.52. The van der Waals surface area contributed by atoms with Crippen molar-refractivity contribution in [3.05, 3.63) is 29.6 Å². The highest BCUT2D eigenvalue weighted by Crippen LogP contribution is 2.20. The summed E-state index contributed by atoms with van der Waals surface area (Å²) in [6, 6.07) is 4.46. The van der Waals surface area contributed by atoms with E-state index in [4.69, 9.17) is 5.73 Å². The molecule has 1 aromatic rings. The van der Waals surface area contributed by atoms with Crippen molar-refractivity contribution in [3.63, 3.8) is 0 Å². The van der Waals surface area contributed by atoms with Crippen LogP contribution in [0.1, 0.15) is 24.8 Å². The average Bonchev–Trinajstić information content (AvgIpc) is 2.42. The zero-order chi connectivity index (χ0) is 13.8. The summed E-state index contributed by atoms with van der Waals surface area (Å²) in [5, 5.41) is 2.64. The lowest BCUT2D eigenvalue weighted by Crippen LogP contribution is -2.49. The molecule has 1 fully saturated rings. The summed E-state index contributed by atoms with van der Waals surface area (Å²) >= 11 is 0. The molecule has 0 saturated carbocycles. The van der Waals surface area contributed by atoms with E-state index in [2.05, 4.69) is 5.32 Å². The zero-order valence-electron chi connectivity index (χ0n) is 11.2. The molecule has 1 heterocycles. The number of benzene rings is 1. The minimum absolute atomic E-state index is 0.0571. The Morgan fingerprint density at radius 3 is 3.05 bits per heavy atom. The fourth-order valence-electron chi connectivity index (χ4n) is 2.43. The molecule has 0 radical (unpaired) electrons. The van der Waals surface area contributed by atoms with Gasteiger partial charge in [-0.3, -0.25) is 0 Å². The molecule has 1 aliphatic rings. The van der Waals surface area contributed by atoms with Crippen LogP contribution in [0.3, 0.4) is 0 Å². The van der Waals surface area contributed by atoms with Crippen LogP contribution in [0, 0.1) is 12.7 Å². The van der Waals surface area contributed by atoms with E-state index >= 15 is 0 Å². The summed E-state index contributed by atoms with van der Waals surface area (Å²) in [6.45, 7) is 2.99. The number of rotatable bonds is 2. The van der Waals surface area contributed by atoms with E-state index in [1.807, 2.05) is 6.92 Å². The van der Waals surface area contributed by atoms with E-state index in [0.717, 1.165) is 24.8 Å². The summed E-state index contributed by atoms with van der Waals surface area (Å²) in [4.78, 5) is 13.9. The molecule has 104 valence electrons. The first-order valence-electron chi connectivity index (χ1n) is 6.65. The second-order valence-electron chi connectivity index (χ2n) is 4.99. The van der Waals surface area contributed by atoms with Crippen LogP contribution in [0.15, 0.2) is 18.2 Å². The van der Waals surface area contributed by atoms with Gasteiger partial charge in [-0.15, -0.1) is 0 Å². The molecule has 19 heavy (non-hydrogen) atoms. The summed E-state index contributed by atoms with van der Waals surface area (Å²) in [5.41, 5.74) is 6.82. The van der Waals surface area contributed by atoms with Crippen LogP contribution in [-0.4, -0.2) is 30.1 Å². The monoisotopic (exact) mass is 265 g/mol. The smallest absolute Gasteiger partial charge is 0.322 e. The molecule has 0 spiro atoms. The molecule has 2 rings (SSSR count). The number of urea groups is 1. The van der Waals surface area contributed by atoms with Crippen molar-refractivity contribution < 1.29 is 9.18 Å². The van der Waals surface area contributed by atoms with Crippen LogP contribution >= 0.6 is 0 Å². The molecule has 0 unspecified atom stereocenters. The fourth-order valence-corrected chi connectivity index (χ4v) is 2.43. The minimum atomic E-state index is -0.416. The van der Waals surface area contributed by atoms with Gasteiger partial charge in [0.2, 0.25) is 0 Å². The number of amides is 2. The lowest BCUT2D eigenvalue weighted by Gasteiger charge is -2.35. The summed E-state index contributed by atoms with van der Waals surface area (Å²) in [7, 11) is 0. The molecule has 5 heteroatoms. The fraction of sp³-hybridized carbons (Fsp3) is 0.500. The topological polar surface area (TPSA) is 58.4 Å². The molecule has 3 N–H and O–H groups in total. The number of nitrogens with two attached hydrogens (primary N) is 1. The molecule has 0 bridgehead atoms. The van der Waals surface area contributed by atoms with E-state index in [1.165, 1.54) is 6.07 Å². The van der Waals surface area contributed by atoms with Gasteiger partial charge in [-0.05, 0) is 43.9 Å². The van der Waals surface area contributed by atoms with Crippen LogP contribution in [-0.2, 0) is 0 Å². The van der Waals surface area contributed by atoms with Gasteiger partial charge >= 0.3 is 6.03 Å². The first-order valence-corrected chi connectivity index (χ1v) is 6.65. The largest absolute Gasteiger partial charge is 0.328 e. The maximum atomic E-state index is 13.6. The van der Waals surface area contributed by atoms with E-state index in [0.29, 0.717) is 13.1 Å². The molecule has 0 aromatic heterocycles. The number of carbonyl (C=O) groups excluding carboxylic acids is 1. The van der Waals surface area contributed by atoms with Gasteiger partial charge in [-0.25, -0.2) is 9.18 Å². The van der Waals surface area contributed by atoms with E-state index in [9.17, 15) is 9.18 Å². The Bertz CT molecular complexity index is 464. The predicted octanol–water partition coefficient (Wildman–Crippen LogP) is 2.48. The number of halogens is 1. The first kappa shape index (κ1) is 13.8. The van der Waals surface area contributed by atoms with Gasteiger partial charge in [0.1, 0.15) is 5.82 Å². The Morgan fingerprint density at radius 2 is 2.32 bits per heavy atom. The first-order chi connectivity index (χ1) is 9.11. The number of anilines is 1. The van der Waals surface area contributed by atoms with Gasteiger partial charge in [-0.1, -0.05) is 6.07 Å². The molecule has 1 aliphatic heterocycles. The lowest BCUT2D eigenvalue weighted by atomic mass is 10.0. The second-order valence-corrected chi connectivity index (χ2v) is 4.99. The minimum Gasteiger partial charge on any atom is -0.328 e. The molecule has 0 aliphatic carbocycles. The Hall–Kier alpha value is -1.62. The molecule has 4 nitrogen and oxygen atoms in total. The molecular formula is C14H20FN3O. The van der Waals surface area contributed by atoms with Gasteiger partial charge in [0, 0.05) is 19.1 Å². The Labute approximate surface area is 112 Å². The van der Waals surface area contributed by atoms with Crippen LogP contribution in [0.5, 0.6) is 0 Å². The van der Waals surface area contributed by atoms with Crippen molar-refractivity contribution in [2.45, 2.75) is 32.2 Å². The zero-order valence-corrected chi connectivity index (χ0v) is 11.2. The number of piperidine rings is 1. The van der Waals surface area contributed by atoms with Crippen molar-refractivity contribution in [3.8, 4) is 0 Å². The third-order valence-corrected chi connectivity index (χ3v) is 3.52. The van der Waals surface area contributed by atoms with Crippen LogP contribution < -0.4 is 11.1 Å². The van der Waals surface area contributed by atoms with Crippen molar-refractivity contribution in [2.75, 3.05) is 18.4 Å². The van der Waals surface area contributed by atoms with Gasteiger partial charge < -0.3 is 16.0 Å². The van der Waals surface area contributed by atoms with E-state index < -0.39 is 5.82 Å². The van der Waals surface area contributed by atoms with Crippen LogP contribution in [0.25, 0.3) is 0 Å². The normalized spacial score (nSPS) is 19.3. The highest BCUT2D eigenvalue weighted by Gasteiger charge is 2.25. The van der Waals surface area contributed by atoms with Crippen molar-refractivity contribution in [1.82, 2.24) is 4.90 Å². The number of hydrogen-bond acceptors (Lipinski definition) is 2. The predicted molar refractivity (Wildman–Crippen MR) is 73.6 cm³/mol. The van der Waals surface area contributed by atoms with E-state index in [1.54, 1.807) is 17.0 Å². The Morgan fingerprint density at radius 1 is 1.53 bits per heavy atom. The highest BCUT2D eigenvalue weighted by molar-refractivity contribution is 5.89. The maximum absolute atomic E-state index is 13.6. The maximum Gasteiger partial charge on any atom is 0.322 e. The molecule has 1 atom stereocenters. The van der Waals surface area contributed by atoms with Crippen molar-refractivity contribution in [2.24, 2.45) is 5.73 Å². The standard InChI is InChI=1S/C14H20FN3O/c1-10-5-6-12(15)13(8-10)17-14(19)18-7-3-2-4-11(18)9-16/h5-6,8,11H,2-4,7,9,16H2,1H3,(H,17,19)/t11-/m1/s1. The number of aryl methyl sites for hydroxylation is 1. The van der Waals surface area contributed by atoms with Gasteiger partial charge in [0.25, 0.3) is 0 Å². The van der Waals surface area contributed by atoms with Crippen LogP contribution in [0.4, 0.5) is 14.9 Å². The molecule has 1 saturated heterocycles. The number of likely N-dealkylation sites (tertiary alicyclic amines) is 1. The third kappa shape index (κ3) is 3.23. The van der Waals surface area contributed by atoms with Crippen molar-refractivity contribution in [1.29, 1.82) is 0 Å². The average molecular weight is 265 g/mol. The summed E-state index contributed by atoms with van der Waals surface area (Å²) < 4.78 is 13.6.